The molecule has 0 bridgehead atoms. The summed E-state index contributed by atoms with van der Waals surface area (Å²) in [5, 5.41) is 2.78. The fraction of sp³-hybridized carbons (Fsp3) is 0.308. The first-order valence-electron chi connectivity index (χ1n) is 5.85. The number of benzene rings is 1. The van der Waals surface area contributed by atoms with Crippen molar-refractivity contribution in [2.45, 2.75) is 18.6 Å². The number of aromatic nitrogens is 1. The zero-order chi connectivity index (χ0) is 14.8. The maximum absolute atomic E-state index is 12.6. The summed E-state index contributed by atoms with van der Waals surface area (Å²) < 4.78 is 37.7. The molecule has 108 valence electrons. The first-order valence-corrected chi connectivity index (χ1v) is 7.05. The van der Waals surface area contributed by atoms with Crippen LogP contribution in [0.15, 0.2) is 30.5 Å². The van der Waals surface area contributed by atoms with Gasteiger partial charge in [-0.2, -0.15) is 13.2 Å². The molecule has 1 atom stereocenters. The summed E-state index contributed by atoms with van der Waals surface area (Å²) in [7, 11) is 1.70. The molecule has 0 saturated carbocycles. The molecule has 1 heterocycles. The fourth-order valence-corrected chi connectivity index (χ4v) is 2.91. The molecule has 20 heavy (non-hydrogen) atoms. The summed E-state index contributed by atoms with van der Waals surface area (Å²) in [6.45, 7) is 0. The molecule has 7 heteroatoms. The van der Waals surface area contributed by atoms with E-state index in [4.69, 9.17) is 11.6 Å². The first-order chi connectivity index (χ1) is 9.41. The highest BCUT2D eigenvalue weighted by molar-refractivity contribution is 7.11. The number of rotatable bonds is 4. The number of nitrogens with one attached hydrogen (secondary N) is 1. The molecule has 1 aromatic carbocycles. The number of likely N-dealkylation sites (N-methyl/N-ethyl adjacent to an activating group) is 1. The highest BCUT2D eigenvalue weighted by Crippen LogP contribution is 2.35. The third-order valence-electron chi connectivity index (χ3n) is 2.84. The molecule has 0 saturated heterocycles. The second kappa shape index (κ2) is 6.11. The molecule has 0 fully saturated rings. The number of hydrogen-bond donors (Lipinski definition) is 1. The Morgan fingerprint density at radius 3 is 2.60 bits per heavy atom. The quantitative estimate of drug-likeness (QED) is 0.907. The Kier molecular flexibility index (Phi) is 4.67. The van der Waals surface area contributed by atoms with Crippen molar-refractivity contribution in [3.8, 4) is 0 Å². The van der Waals surface area contributed by atoms with Crippen molar-refractivity contribution in [1.29, 1.82) is 0 Å². The highest BCUT2D eigenvalue weighted by atomic mass is 35.5. The average Bonchev–Trinajstić information content (AvgIpc) is 2.87. The number of alkyl halides is 3. The Bertz CT molecular complexity index is 583. The molecule has 1 unspecified atom stereocenters. The summed E-state index contributed by atoms with van der Waals surface area (Å²) in [6.07, 6.45) is -2.62. The van der Waals surface area contributed by atoms with Gasteiger partial charge in [-0.3, -0.25) is 0 Å². The first kappa shape index (κ1) is 15.3. The lowest BCUT2D eigenvalue weighted by Crippen LogP contribution is -2.17. The molecule has 2 nitrogen and oxygen atoms in total. The largest absolute Gasteiger partial charge is 0.443 e. The minimum atomic E-state index is -4.40. The average molecular weight is 321 g/mol. The van der Waals surface area contributed by atoms with Gasteiger partial charge in [0.05, 0.1) is 0 Å². The van der Waals surface area contributed by atoms with Crippen LogP contribution in [0.25, 0.3) is 0 Å². The van der Waals surface area contributed by atoms with Crippen LogP contribution in [0.4, 0.5) is 13.2 Å². The van der Waals surface area contributed by atoms with Crippen molar-refractivity contribution in [2.75, 3.05) is 7.05 Å². The summed E-state index contributed by atoms with van der Waals surface area (Å²) in [6, 6.07) is 7.04. The van der Waals surface area contributed by atoms with E-state index in [0.29, 0.717) is 27.7 Å². The Labute approximate surface area is 123 Å². The minimum Gasteiger partial charge on any atom is -0.312 e. The minimum absolute atomic E-state index is 0.247. The van der Waals surface area contributed by atoms with Crippen molar-refractivity contribution in [3.05, 3.63) is 50.9 Å². The molecule has 2 aromatic rings. The zero-order valence-electron chi connectivity index (χ0n) is 10.5. The summed E-state index contributed by atoms with van der Waals surface area (Å²) in [5.74, 6) is 0. The second-order valence-electron chi connectivity index (χ2n) is 4.20. The van der Waals surface area contributed by atoms with Gasteiger partial charge in [-0.05, 0) is 25.1 Å². The third kappa shape index (κ3) is 3.50. The molecule has 0 aliphatic rings. The van der Waals surface area contributed by atoms with Crippen LogP contribution in [-0.4, -0.2) is 12.0 Å². The van der Waals surface area contributed by atoms with Gasteiger partial charge in [0.1, 0.15) is 0 Å². The normalized spacial score (nSPS) is 13.4. The van der Waals surface area contributed by atoms with E-state index < -0.39 is 11.2 Å². The number of nitrogens with zero attached hydrogens (tertiary/aromatic N) is 1. The molecule has 0 aliphatic heterocycles. The predicted molar refractivity (Wildman–Crippen MR) is 74.1 cm³/mol. The summed E-state index contributed by atoms with van der Waals surface area (Å²) in [5.41, 5.74) is 0.885. The topological polar surface area (TPSA) is 24.9 Å². The van der Waals surface area contributed by atoms with E-state index >= 15 is 0 Å². The molecule has 0 radical (unpaired) electrons. The van der Waals surface area contributed by atoms with E-state index in [1.165, 1.54) is 6.20 Å². The smallest absolute Gasteiger partial charge is 0.312 e. The van der Waals surface area contributed by atoms with Crippen LogP contribution in [0.5, 0.6) is 0 Å². The summed E-state index contributed by atoms with van der Waals surface area (Å²) >= 11 is 6.73. The highest BCUT2D eigenvalue weighted by Gasteiger charge is 2.35. The van der Waals surface area contributed by atoms with Crippen LogP contribution in [0, 0.1) is 0 Å². The van der Waals surface area contributed by atoms with E-state index in [-0.39, 0.29) is 6.04 Å². The van der Waals surface area contributed by atoms with Gasteiger partial charge in [-0.25, -0.2) is 4.98 Å². The van der Waals surface area contributed by atoms with E-state index in [9.17, 15) is 13.2 Å². The van der Waals surface area contributed by atoms with Gasteiger partial charge in [0, 0.05) is 22.1 Å². The van der Waals surface area contributed by atoms with Crippen LogP contribution in [-0.2, 0) is 12.6 Å². The number of halogens is 4. The molecule has 0 spiro atoms. The lowest BCUT2D eigenvalue weighted by atomic mass is 10.1. The van der Waals surface area contributed by atoms with Gasteiger partial charge >= 0.3 is 6.18 Å². The summed E-state index contributed by atoms with van der Waals surface area (Å²) in [4.78, 5) is 3.98. The van der Waals surface area contributed by atoms with E-state index in [1.807, 2.05) is 18.2 Å². The monoisotopic (exact) mass is 320 g/mol. The van der Waals surface area contributed by atoms with Gasteiger partial charge in [-0.15, -0.1) is 11.3 Å². The lowest BCUT2D eigenvalue weighted by Gasteiger charge is -2.15. The van der Waals surface area contributed by atoms with E-state index in [2.05, 4.69) is 10.3 Å². The predicted octanol–water partition coefficient (Wildman–Crippen LogP) is 4.32. The second-order valence-corrected chi connectivity index (χ2v) is 5.67. The number of hydrogen-bond acceptors (Lipinski definition) is 3. The molecule has 0 amide bonds. The molecular formula is C13H12ClF3N2S. The Balaban J connectivity index is 2.21. The van der Waals surface area contributed by atoms with E-state index in [0.717, 1.165) is 5.56 Å². The van der Waals surface area contributed by atoms with Crippen LogP contribution in [0.3, 0.4) is 0 Å². The Morgan fingerprint density at radius 2 is 2.05 bits per heavy atom. The van der Waals surface area contributed by atoms with Crippen molar-refractivity contribution >= 4 is 22.9 Å². The lowest BCUT2D eigenvalue weighted by molar-refractivity contribution is -0.137. The van der Waals surface area contributed by atoms with Gasteiger partial charge in [0.25, 0.3) is 0 Å². The molecule has 1 aromatic heterocycles. The Hall–Kier alpha value is -1.11. The SMILES string of the molecule is CNC(Cc1ccccc1Cl)c1cnc(C(F)(F)F)s1. The molecule has 0 aliphatic carbocycles. The van der Waals surface area contributed by atoms with Crippen molar-refractivity contribution in [2.24, 2.45) is 0 Å². The standard InChI is InChI=1S/C13H12ClF3N2S/c1-18-10(6-8-4-2-3-5-9(8)14)11-7-19-12(20-11)13(15,16)17/h2-5,7,10,18H,6H2,1H3. The molecule has 1 N–H and O–H groups in total. The van der Waals surface area contributed by atoms with Crippen molar-refractivity contribution in [3.63, 3.8) is 0 Å². The van der Waals surface area contributed by atoms with Crippen molar-refractivity contribution < 1.29 is 13.2 Å². The fourth-order valence-electron chi connectivity index (χ4n) is 1.81. The number of thiazole rings is 1. The maximum atomic E-state index is 12.6. The van der Waals surface area contributed by atoms with Crippen molar-refractivity contribution in [1.82, 2.24) is 10.3 Å². The zero-order valence-corrected chi connectivity index (χ0v) is 12.1. The van der Waals surface area contributed by atoms with Gasteiger partial charge in [0.2, 0.25) is 0 Å². The van der Waals surface area contributed by atoms with Gasteiger partial charge in [-0.1, -0.05) is 29.8 Å². The molecule has 2 rings (SSSR count). The van der Waals surface area contributed by atoms with Crippen LogP contribution in [0.1, 0.15) is 21.5 Å². The van der Waals surface area contributed by atoms with Crippen LogP contribution in [0.2, 0.25) is 5.02 Å². The maximum Gasteiger partial charge on any atom is 0.443 e. The van der Waals surface area contributed by atoms with Gasteiger partial charge < -0.3 is 5.32 Å². The Morgan fingerprint density at radius 1 is 1.35 bits per heavy atom. The van der Waals surface area contributed by atoms with E-state index in [1.54, 1.807) is 13.1 Å². The van der Waals surface area contributed by atoms with Crippen LogP contribution < -0.4 is 5.32 Å². The van der Waals surface area contributed by atoms with Gasteiger partial charge in [0.15, 0.2) is 5.01 Å². The molecular weight excluding hydrogens is 309 g/mol. The third-order valence-corrected chi connectivity index (χ3v) is 4.36. The van der Waals surface area contributed by atoms with Crippen LogP contribution >= 0.6 is 22.9 Å².